The van der Waals surface area contributed by atoms with Gasteiger partial charge in [-0.2, -0.15) is 0 Å². The molecule has 0 aliphatic carbocycles. The van der Waals surface area contributed by atoms with Crippen LogP contribution in [-0.2, 0) is 9.53 Å². The summed E-state index contributed by atoms with van der Waals surface area (Å²) < 4.78 is 5.43. The zero-order valence-corrected chi connectivity index (χ0v) is 9.02. The molecule has 0 spiro atoms. The zero-order chi connectivity index (χ0) is 10.3. The van der Waals surface area contributed by atoms with Crippen molar-refractivity contribution in [3.8, 4) is 0 Å². The lowest BCUT2D eigenvalue weighted by Gasteiger charge is -2.32. The number of nitrogens with zero attached hydrogens (tertiary/aromatic N) is 2. The first kappa shape index (κ1) is 9.60. The summed E-state index contributed by atoms with van der Waals surface area (Å²) in [5.41, 5.74) is 0. The van der Waals surface area contributed by atoms with Gasteiger partial charge in [0.25, 0.3) is 0 Å². The van der Waals surface area contributed by atoms with Crippen molar-refractivity contribution in [3.05, 3.63) is 0 Å². The van der Waals surface area contributed by atoms with Crippen LogP contribution in [0.15, 0.2) is 0 Å². The van der Waals surface area contributed by atoms with Crippen LogP contribution in [0.25, 0.3) is 0 Å². The number of amides is 1. The van der Waals surface area contributed by atoms with Crippen molar-refractivity contribution in [2.75, 3.05) is 26.2 Å². The van der Waals surface area contributed by atoms with Gasteiger partial charge in [-0.3, -0.25) is 9.80 Å². The van der Waals surface area contributed by atoms with Gasteiger partial charge in [-0.25, -0.2) is 5.01 Å². The quantitative estimate of drug-likeness (QED) is 0.670. The minimum absolute atomic E-state index is 0.152. The van der Waals surface area contributed by atoms with Crippen molar-refractivity contribution in [1.29, 1.82) is 0 Å². The molecule has 3 aliphatic heterocycles. The largest absolute Gasteiger partial charge is 0.377 e. The average molecular weight is 210 g/mol. The fourth-order valence-corrected chi connectivity index (χ4v) is 2.83. The zero-order valence-electron chi connectivity index (χ0n) is 9.02. The van der Waals surface area contributed by atoms with Crippen molar-refractivity contribution in [3.63, 3.8) is 0 Å². The number of carbonyl (C=O) groups excluding carboxylic acids is 1. The molecule has 84 valence electrons. The third-order valence-electron chi connectivity index (χ3n) is 3.83. The van der Waals surface area contributed by atoms with Crippen molar-refractivity contribution >= 4 is 5.91 Å². The normalized spacial score (nSPS) is 37.3. The first-order valence-electron chi connectivity index (χ1n) is 6.04. The summed E-state index contributed by atoms with van der Waals surface area (Å²) >= 11 is 0. The molecule has 1 amide bonds. The van der Waals surface area contributed by atoms with Gasteiger partial charge >= 0.3 is 0 Å². The van der Waals surface area contributed by atoms with Gasteiger partial charge in [0.1, 0.15) is 0 Å². The Bertz CT molecular complexity index is 259. The van der Waals surface area contributed by atoms with Crippen LogP contribution in [0.5, 0.6) is 0 Å². The predicted molar refractivity (Wildman–Crippen MR) is 55.0 cm³/mol. The van der Waals surface area contributed by atoms with E-state index in [1.54, 1.807) is 0 Å². The smallest absolute Gasteiger partial charge is 0.242 e. The van der Waals surface area contributed by atoms with Gasteiger partial charge in [0, 0.05) is 26.2 Å². The number of hydrogen-bond donors (Lipinski definition) is 0. The number of ether oxygens (including phenoxy) is 1. The first-order valence-corrected chi connectivity index (χ1v) is 6.04. The molecule has 2 unspecified atom stereocenters. The van der Waals surface area contributed by atoms with Crippen LogP contribution in [-0.4, -0.2) is 48.3 Å². The molecule has 3 aliphatic rings. The number of hydrogen-bond acceptors (Lipinski definition) is 3. The fourth-order valence-electron chi connectivity index (χ4n) is 2.83. The fraction of sp³-hybridized carbons (Fsp3) is 0.909. The molecular weight excluding hydrogens is 192 g/mol. The molecule has 0 saturated carbocycles. The molecule has 3 heterocycles. The Labute approximate surface area is 90.1 Å². The Balaban J connectivity index is 1.64. The summed E-state index contributed by atoms with van der Waals surface area (Å²) in [6.07, 6.45) is 4.75. The highest BCUT2D eigenvalue weighted by Crippen LogP contribution is 2.31. The van der Waals surface area contributed by atoms with Crippen LogP contribution in [0.4, 0.5) is 0 Å². The van der Waals surface area contributed by atoms with Crippen LogP contribution in [0.1, 0.15) is 25.7 Å². The standard InChI is InChI=1S/C11H18N2O2/c14-11-9(10-4-8-15-10)3-7-13(11)12-5-1-2-6-12/h9-10H,1-8H2. The van der Waals surface area contributed by atoms with Gasteiger partial charge in [-0.15, -0.1) is 0 Å². The maximum Gasteiger partial charge on any atom is 0.242 e. The van der Waals surface area contributed by atoms with E-state index in [0.717, 1.165) is 39.1 Å². The van der Waals surface area contributed by atoms with E-state index in [4.69, 9.17) is 4.74 Å². The Morgan fingerprint density at radius 1 is 1.13 bits per heavy atom. The van der Waals surface area contributed by atoms with Gasteiger partial charge < -0.3 is 4.74 Å². The highest BCUT2D eigenvalue weighted by atomic mass is 16.5. The molecule has 3 fully saturated rings. The Morgan fingerprint density at radius 3 is 2.47 bits per heavy atom. The summed E-state index contributed by atoms with van der Waals surface area (Å²) in [4.78, 5) is 12.1. The monoisotopic (exact) mass is 210 g/mol. The van der Waals surface area contributed by atoms with Crippen molar-refractivity contribution < 1.29 is 9.53 Å². The van der Waals surface area contributed by atoms with Crippen LogP contribution in [0.2, 0.25) is 0 Å². The molecule has 0 aromatic rings. The van der Waals surface area contributed by atoms with Crippen LogP contribution < -0.4 is 0 Å². The summed E-state index contributed by atoms with van der Waals surface area (Å²) in [7, 11) is 0. The molecule has 15 heavy (non-hydrogen) atoms. The van der Waals surface area contributed by atoms with Gasteiger partial charge in [0.15, 0.2) is 0 Å². The summed E-state index contributed by atoms with van der Waals surface area (Å²) in [5.74, 6) is 0.459. The van der Waals surface area contributed by atoms with E-state index < -0.39 is 0 Å². The second kappa shape index (κ2) is 3.76. The number of rotatable bonds is 2. The molecular formula is C11H18N2O2. The van der Waals surface area contributed by atoms with Crippen LogP contribution in [0, 0.1) is 5.92 Å². The molecule has 0 aromatic heterocycles. The van der Waals surface area contributed by atoms with Crippen LogP contribution >= 0.6 is 0 Å². The Kier molecular flexibility index (Phi) is 2.41. The Morgan fingerprint density at radius 2 is 1.87 bits per heavy atom. The van der Waals surface area contributed by atoms with E-state index >= 15 is 0 Å². The molecule has 3 saturated heterocycles. The topological polar surface area (TPSA) is 32.8 Å². The highest BCUT2D eigenvalue weighted by molar-refractivity contribution is 5.81. The van der Waals surface area contributed by atoms with Gasteiger partial charge in [0.05, 0.1) is 12.0 Å². The lowest BCUT2D eigenvalue weighted by molar-refractivity contribution is -0.154. The minimum Gasteiger partial charge on any atom is -0.377 e. The lowest BCUT2D eigenvalue weighted by atomic mass is 9.95. The second-order valence-electron chi connectivity index (χ2n) is 4.72. The number of hydrazine groups is 1. The lowest BCUT2D eigenvalue weighted by Crippen LogP contribution is -2.45. The van der Waals surface area contributed by atoms with E-state index in [-0.39, 0.29) is 12.0 Å². The second-order valence-corrected chi connectivity index (χ2v) is 4.72. The molecule has 4 nitrogen and oxygen atoms in total. The third kappa shape index (κ3) is 1.56. The molecule has 2 atom stereocenters. The van der Waals surface area contributed by atoms with Gasteiger partial charge in [-0.05, 0) is 25.7 Å². The molecule has 0 bridgehead atoms. The summed E-state index contributed by atoms with van der Waals surface area (Å²) in [5, 5.41) is 4.19. The highest BCUT2D eigenvalue weighted by Gasteiger charge is 2.42. The maximum atomic E-state index is 12.1. The molecule has 0 N–H and O–H groups in total. The molecule has 0 aromatic carbocycles. The van der Waals surface area contributed by atoms with E-state index in [1.807, 2.05) is 5.01 Å². The Hall–Kier alpha value is -0.610. The third-order valence-corrected chi connectivity index (χ3v) is 3.83. The number of carbonyl (C=O) groups is 1. The minimum atomic E-state index is 0.152. The predicted octanol–water partition coefficient (Wildman–Crippen LogP) is 0.635. The SMILES string of the molecule is O=C1C(C2CCO2)CCN1N1CCCC1. The first-order chi connectivity index (χ1) is 7.36. The van der Waals surface area contributed by atoms with Crippen molar-refractivity contribution in [2.24, 2.45) is 5.92 Å². The summed E-state index contributed by atoms with van der Waals surface area (Å²) in [6, 6.07) is 0. The van der Waals surface area contributed by atoms with Gasteiger partial charge in [-0.1, -0.05) is 0 Å². The molecule has 4 heteroatoms. The van der Waals surface area contributed by atoms with E-state index in [9.17, 15) is 4.79 Å². The van der Waals surface area contributed by atoms with Crippen molar-refractivity contribution in [1.82, 2.24) is 10.0 Å². The summed E-state index contributed by atoms with van der Waals surface area (Å²) in [6.45, 7) is 3.87. The van der Waals surface area contributed by atoms with E-state index in [2.05, 4.69) is 5.01 Å². The maximum absolute atomic E-state index is 12.1. The van der Waals surface area contributed by atoms with Gasteiger partial charge in [0.2, 0.25) is 5.91 Å². The molecule has 0 radical (unpaired) electrons. The van der Waals surface area contributed by atoms with E-state index in [0.29, 0.717) is 5.91 Å². The molecule has 3 rings (SSSR count). The average Bonchev–Trinajstić information content (AvgIpc) is 2.74. The van der Waals surface area contributed by atoms with Crippen molar-refractivity contribution in [2.45, 2.75) is 31.8 Å². The van der Waals surface area contributed by atoms with E-state index in [1.165, 1.54) is 12.8 Å². The van der Waals surface area contributed by atoms with Crippen LogP contribution in [0.3, 0.4) is 0 Å².